The number of benzene rings is 1. The van der Waals surface area contributed by atoms with Crippen LogP contribution in [-0.4, -0.2) is 35.1 Å². The van der Waals surface area contributed by atoms with Crippen molar-refractivity contribution in [2.45, 2.75) is 13.0 Å². The topological polar surface area (TPSA) is 69.6 Å². The molecule has 1 aromatic carbocycles. The highest BCUT2D eigenvalue weighted by atomic mass is 19.1. The van der Waals surface area contributed by atoms with Crippen LogP contribution in [0.4, 0.5) is 13.6 Å². The van der Waals surface area contributed by atoms with Crippen molar-refractivity contribution < 1.29 is 23.5 Å². The summed E-state index contributed by atoms with van der Waals surface area (Å²) in [4.78, 5) is 23.7. The van der Waals surface area contributed by atoms with Crippen molar-refractivity contribution >= 4 is 12.0 Å². The van der Waals surface area contributed by atoms with Crippen LogP contribution in [0.2, 0.25) is 0 Å². The maximum absolute atomic E-state index is 13.1. The van der Waals surface area contributed by atoms with Gasteiger partial charge in [-0.25, -0.2) is 13.6 Å². The normalized spacial score (nSPS) is 18.8. The Kier molecular flexibility index (Phi) is 4.16. The number of urea groups is 1. The molecular formula is C13H14F2N2O3. The lowest BCUT2D eigenvalue weighted by Gasteiger charge is -2.32. The van der Waals surface area contributed by atoms with Crippen molar-refractivity contribution in [2.75, 3.05) is 13.1 Å². The molecule has 1 atom stereocenters. The number of carbonyl (C=O) groups excluding carboxylic acids is 1. The molecule has 0 saturated carbocycles. The summed E-state index contributed by atoms with van der Waals surface area (Å²) in [6.45, 7) is 0.575. The zero-order valence-electron chi connectivity index (χ0n) is 10.6. The van der Waals surface area contributed by atoms with Crippen LogP contribution in [0.15, 0.2) is 18.2 Å². The molecule has 7 heteroatoms. The Hall–Kier alpha value is -2.18. The zero-order chi connectivity index (χ0) is 14.7. The van der Waals surface area contributed by atoms with Gasteiger partial charge in [0.1, 0.15) is 11.6 Å². The summed E-state index contributed by atoms with van der Waals surface area (Å²) < 4.78 is 26.2. The molecule has 2 rings (SSSR count). The zero-order valence-corrected chi connectivity index (χ0v) is 10.6. The number of nitrogens with one attached hydrogen (secondary N) is 1. The third-order valence-corrected chi connectivity index (χ3v) is 3.07. The number of rotatable bonds is 4. The third kappa shape index (κ3) is 3.66. The molecule has 2 amide bonds. The summed E-state index contributed by atoms with van der Waals surface area (Å²) in [6, 6.07) is 2.69. The van der Waals surface area contributed by atoms with Gasteiger partial charge in [-0.15, -0.1) is 0 Å². The first-order chi connectivity index (χ1) is 9.44. The second kappa shape index (κ2) is 5.85. The maximum Gasteiger partial charge on any atom is 0.317 e. The minimum absolute atomic E-state index is 0.0383. The minimum Gasteiger partial charge on any atom is -0.481 e. The highest BCUT2D eigenvalue weighted by molar-refractivity contribution is 5.75. The van der Waals surface area contributed by atoms with E-state index in [2.05, 4.69) is 5.32 Å². The Bertz CT molecular complexity index is 516. The summed E-state index contributed by atoms with van der Waals surface area (Å²) in [5.41, 5.74) is 0.327. The van der Waals surface area contributed by atoms with Crippen LogP contribution < -0.4 is 5.32 Å². The molecule has 0 aliphatic carbocycles. The van der Waals surface area contributed by atoms with E-state index in [1.807, 2.05) is 0 Å². The molecule has 1 aliphatic heterocycles. The van der Waals surface area contributed by atoms with Gasteiger partial charge >= 0.3 is 12.0 Å². The molecule has 20 heavy (non-hydrogen) atoms. The lowest BCUT2D eigenvalue weighted by Crippen LogP contribution is -2.51. The van der Waals surface area contributed by atoms with E-state index in [-0.39, 0.29) is 31.5 Å². The monoisotopic (exact) mass is 284 g/mol. The van der Waals surface area contributed by atoms with Crippen LogP contribution in [-0.2, 0) is 11.3 Å². The Morgan fingerprint density at radius 2 is 2.00 bits per heavy atom. The van der Waals surface area contributed by atoms with Crippen LogP contribution in [0.25, 0.3) is 0 Å². The summed E-state index contributed by atoms with van der Waals surface area (Å²) >= 11 is 0. The second-order valence-corrected chi connectivity index (χ2v) is 4.81. The van der Waals surface area contributed by atoms with Gasteiger partial charge in [0.15, 0.2) is 0 Å². The SMILES string of the molecule is O=C(O)CC1CNC(=O)N(Cc2cc(F)cc(F)c2)C1. The van der Waals surface area contributed by atoms with Crippen LogP contribution in [0, 0.1) is 17.6 Å². The summed E-state index contributed by atoms with van der Waals surface area (Å²) in [5, 5.41) is 11.3. The molecule has 1 aliphatic rings. The van der Waals surface area contributed by atoms with Gasteiger partial charge in [-0.3, -0.25) is 4.79 Å². The Morgan fingerprint density at radius 3 is 2.60 bits per heavy atom. The number of nitrogens with zero attached hydrogens (tertiary/aromatic N) is 1. The van der Waals surface area contributed by atoms with E-state index in [0.29, 0.717) is 12.1 Å². The fourth-order valence-corrected chi connectivity index (χ4v) is 2.25. The van der Waals surface area contributed by atoms with Crippen LogP contribution >= 0.6 is 0 Å². The summed E-state index contributed by atoms with van der Waals surface area (Å²) in [5.74, 6) is -2.58. The predicted molar refractivity (Wildman–Crippen MR) is 65.9 cm³/mol. The van der Waals surface area contributed by atoms with Crippen molar-refractivity contribution in [3.05, 3.63) is 35.4 Å². The molecule has 1 saturated heterocycles. The average molecular weight is 284 g/mol. The second-order valence-electron chi connectivity index (χ2n) is 4.81. The van der Waals surface area contributed by atoms with Gasteiger partial charge in [0, 0.05) is 31.6 Å². The maximum atomic E-state index is 13.1. The van der Waals surface area contributed by atoms with Crippen molar-refractivity contribution in [1.82, 2.24) is 10.2 Å². The molecular weight excluding hydrogens is 270 g/mol. The van der Waals surface area contributed by atoms with E-state index in [1.165, 1.54) is 4.90 Å². The smallest absolute Gasteiger partial charge is 0.317 e. The standard InChI is InChI=1S/C13H14F2N2O3/c14-10-1-8(2-11(15)4-10)6-17-7-9(3-12(18)19)5-16-13(17)20/h1-2,4,9H,3,5-7H2,(H,16,20)(H,18,19). The molecule has 1 aromatic rings. The molecule has 1 unspecified atom stereocenters. The van der Waals surface area contributed by atoms with Gasteiger partial charge in [-0.05, 0) is 17.7 Å². The van der Waals surface area contributed by atoms with Crippen LogP contribution in [0.5, 0.6) is 0 Å². The fraction of sp³-hybridized carbons (Fsp3) is 0.385. The van der Waals surface area contributed by atoms with Gasteiger partial charge in [-0.1, -0.05) is 0 Å². The molecule has 5 nitrogen and oxygen atoms in total. The highest BCUT2D eigenvalue weighted by Gasteiger charge is 2.26. The average Bonchev–Trinajstić information content (AvgIpc) is 2.31. The first kappa shape index (κ1) is 14.2. The van der Waals surface area contributed by atoms with Crippen molar-refractivity contribution in [3.8, 4) is 0 Å². The van der Waals surface area contributed by atoms with Gasteiger partial charge in [0.05, 0.1) is 6.42 Å². The number of carboxylic acids is 1. The van der Waals surface area contributed by atoms with E-state index in [1.54, 1.807) is 0 Å². The quantitative estimate of drug-likeness (QED) is 0.882. The van der Waals surface area contributed by atoms with E-state index in [4.69, 9.17) is 5.11 Å². The molecule has 1 heterocycles. The molecule has 0 radical (unpaired) electrons. The summed E-state index contributed by atoms with van der Waals surface area (Å²) in [7, 11) is 0. The number of carboxylic acid groups (broad SMARTS) is 1. The van der Waals surface area contributed by atoms with Crippen molar-refractivity contribution in [2.24, 2.45) is 5.92 Å². The number of carbonyl (C=O) groups is 2. The van der Waals surface area contributed by atoms with E-state index in [0.717, 1.165) is 18.2 Å². The van der Waals surface area contributed by atoms with E-state index >= 15 is 0 Å². The molecule has 108 valence electrons. The lowest BCUT2D eigenvalue weighted by molar-refractivity contribution is -0.138. The number of hydrogen-bond acceptors (Lipinski definition) is 2. The largest absolute Gasteiger partial charge is 0.481 e. The predicted octanol–water partition coefficient (Wildman–Crippen LogP) is 1.58. The lowest BCUT2D eigenvalue weighted by atomic mass is 10.0. The van der Waals surface area contributed by atoms with Crippen LogP contribution in [0.1, 0.15) is 12.0 Å². The molecule has 0 bridgehead atoms. The Labute approximate surface area is 114 Å². The minimum atomic E-state index is -0.942. The van der Waals surface area contributed by atoms with Crippen molar-refractivity contribution in [3.63, 3.8) is 0 Å². The van der Waals surface area contributed by atoms with E-state index < -0.39 is 17.6 Å². The van der Waals surface area contributed by atoms with Gasteiger partial charge < -0.3 is 15.3 Å². The molecule has 0 aromatic heterocycles. The molecule has 0 spiro atoms. The third-order valence-electron chi connectivity index (χ3n) is 3.07. The first-order valence-electron chi connectivity index (χ1n) is 6.13. The molecule has 2 N–H and O–H groups in total. The van der Waals surface area contributed by atoms with Gasteiger partial charge in [0.2, 0.25) is 0 Å². The molecule has 1 fully saturated rings. The van der Waals surface area contributed by atoms with Gasteiger partial charge in [-0.2, -0.15) is 0 Å². The van der Waals surface area contributed by atoms with Crippen molar-refractivity contribution in [1.29, 1.82) is 0 Å². The fourth-order valence-electron chi connectivity index (χ4n) is 2.25. The number of halogens is 2. The summed E-state index contributed by atoms with van der Waals surface area (Å²) in [6.07, 6.45) is -0.0612. The van der Waals surface area contributed by atoms with E-state index in [9.17, 15) is 18.4 Å². The first-order valence-corrected chi connectivity index (χ1v) is 6.13. The number of amides is 2. The van der Waals surface area contributed by atoms with Gasteiger partial charge in [0.25, 0.3) is 0 Å². The Balaban J connectivity index is 2.06. The highest BCUT2D eigenvalue weighted by Crippen LogP contribution is 2.16. The number of hydrogen-bond donors (Lipinski definition) is 2. The number of aliphatic carboxylic acids is 1. The van der Waals surface area contributed by atoms with Crippen LogP contribution in [0.3, 0.4) is 0 Å². The Morgan fingerprint density at radius 1 is 1.35 bits per heavy atom.